The Hall–Kier alpha value is -2.61. The van der Waals surface area contributed by atoms with Crippen LogP contribution in [0.3, 0.4) is 0 Å². The van der Waals surface area contributed by atoms with Crippen LogP contribution in [-0.2, 0) is 23.9 Å². The number of carbonyl (C=O) groups excluding carboxylic acids is 3. The molecule has 0 heterocycles. The highest BCUT2D eigenvalue weighted by molar-refractivity contribution is 6.02. The number of ketones is 1. The molecule has 178 valence electrons. The minimum Gasteiger partial charge on any atom is -0.504 e. The number of aliphatic hydroxyl groups is 1. The molecule has 8 nitrogen and oxygen atoms in total. The van der Waals surface area contributed by atoms with E-state index in [1.165, 1.54) is 32.2 Å². The number of carbonyl (C=O) groups is 3. The summed E-state index contributed by atoms with van der Waals surface area (Å²) in [5.74, 6) is -5.44. The Morgan fingerprint density at radius 2 is 1.66 bits per heavy atom. The maximum atomic E-state index is 13.1. The van der Waals surface area contributed by atoms with Gasteiger partial charge < -0.3 is 24.4 Å². The van der Waals surface area contributed by atoms with E-state index in [9.17, 15) is 24.6 Å². The first-order valence-corrected chi connectivity index (χ1v) is 10.8. The lowest BCUT2D eigenvalue weighted by Gasteiger charge is -2.43. The number of phenolic OH excluding ortho intramolecular Hbond substituents is 1. The molecule has 1 aliphatic carbocycles. The van der Waals surface area contributed by atoms with Crippen molar-refractivity contribution in [3.63, 3.8) is 0 Å². The van der Waals surface area contributed by atoms with E-state index in [0.717, 1.165) is 0 Å². The van der Waals surface area contributed by atoms with E-state index < -0.39 is 41.1 Å². The summed E-state index contributed by atoms with van der Waals surface area (Å²) in [6.45, 7) is 9.14. The Labute approximate surface area is 188 Å². The Morgan fingerprint density at radius 3 is 2.19 bits per heavy atom. The fourth-order valence-electron chi connectivity index (χ4n) is 3.99. The van der Waals surface area contributed by atoms with Gasteiger partial charge in [0.25, 0.3) is 0 Å². The van der Waals surface area contributed by atoms with Crippen molar-refractivity contribution in [3.8, 4) is 11.5 Å². The molecule has 0 radical (unpaired) electrons. The fraction of sp³-hybridized carbons (Fsp3) is 0.625. The van der Waals surface area contributed by atoms with Crippen molar-refractivity contribution in [2.24, 2.45) is 23.7 Å². The smallest absolute Gasteiger partial charge is 0.317 e. The highest BCUT2D eigenvalue weighted by Gasteiger charge is 2.57. The summed E-state index contributed by atoms with van der Waals surface area (Å²) < 4.78 is 16.0. The van der Waals surface area contributed by atoms with Gasteiger partial charge in [-0.05, 0) is 36.5 Å². The Bertz CT molecular complexity index is 842. The minimum absolute atomic E-state index is 0.0553. The second kappa shape index (κ2) is 10.3. The SMILES string of the molecule is COc1cc([C@H]2[C@H](C(=O)OCC(C)C)C(=O)C[C@@](C)(O)[C@@H]2C(=O)OCC(C)C)ccc1O. The maximum Gasteiger partial charge on any atom is 0.317 e. The molecule has 0 unspecified atom stereocenters. The van der Waals surface area contributed by atoms with E-state index in [4.69, 9.17) is 14.2 Å². The minimum atomic E-state index is -1.74. The number of ether oxygens (including phenoxy) is 3. The molecule has 0 bridgehead atoms. The predicted molar refractivity (Wildman–Crippen MR) is 116 cm³/mol. The van der Waals surface area contributed by atoms with E-state index in [-0.39, 0.29) is 43.0 Å². The number of hydrogen-bond donors (Lipinski definition) is 2. The molecule has 8 heteroatoms. The van der Waals surface area contributed by atoms with Crippen LogP contribution in [0.15, 0.2) is 18.2 Å². The molecule has 0 aromatic heterocycles. The van der Waals surface area contributed by atoms with Gasteiger partial charge in [0, 0.05) is 12.3 Å². The van der Waals surface area contributed by atoms with Crippen molar-refractivity contribution in [1.82, 2.24) is 0 Å². The van der Waals surface area contributed by atoms with Crippen LogP contribution in [0.2, 0.25) is 0 Å². The normalized spacial score (nSPS) is 25.7. The number of phenols is 1. The lowest BCUT2D eigenvalue weighted by Crippen LogP contribution is -2.55. The van der Waals surface area contributed by atoms with Crippen LogP contribution in [0.25, 0.3) is 0 Å². The molecule has 1 fully saturated rings. The summed E-state index contributed by atoms with van der Waals surface area (Å²) >= 11 is 0. The molecule has 1 aromatic rings. The van der Waals surface area contributed by atoms with Gasteiger partial charge in [-0.25, -0.2) is 0 Å². The van der Waals surface area contributed by atoms with Crippen LogP contribution in [0.4, 0.5) is 0 Å². The first-order valence-electron chi connectivity index (χ1n) is 10.8. The lowest BCUT2D eigenvalue weighted by atomic mass is 9.61. The number of Topliss-reactive ketones (excluding diaryl/α,β-unsaturated/α-hetero) is 1. The average Bonchev–Trinajstić information content (AvgIpc) is 2.69. The maximum absolute atomic E-state index is 13.1. The zero-order valence-corrected chi connectivity index (χ0v) is 19.6. The molecule has 32 heavy (non-hydrogen) atoms. The van der Waals surface area contributed by atoms with E-state index in [1.54, 1.807) is 0 Å². The van der Waals surface area contributed by atoms with Crippen molar-refractivity contribution >= 4 is 17.7 Å². The predicted octanol–water partition coefficient (Wildman–Crippen LogP) is 2.84. The number of esters is 2. The van der Waals surface area contributed by atoms with Crippen LogP contribution in [0, 0.1) is 23.7 Å². The molecule has 2 N–H and O–H groups in total. The number of benzene rings is 1. The zero-order chi connectivity index (χ0) is 24.2. The zero-order valence-electron chi connectivity index (χ0n) is 19.6. The quantitative estimate of drug-likeness (QED) is 0.458. The second-order valence-electron chi connectivity index (χ2n) is 9.46. The molecule has 1 aliphatic rings. The number of hydrogen-bond acceptors (Lipinski definition) is 8. The third-order valence-electron chi connectivity index (χ3n) is 5.48. The van der Waals surface area contributed by atoms with Gasteiger partial charge >= 0.3 is 11.9 Å². The molecule has 1 saturated carbocycles. The molecular weight excluding hydrogens is 416 g/mol. The molecule has 0 saturated heterocycles. The monoisotopic (exact) mass is 450 g/mol. The number of methoxy groups -OCH3 is 1. The largest absolute Gasteiger partial charge is 0.504 e. The molecule has 4 atom stereocenters. The number of rotatable bonds is 8. The van der Waals surface area contributed by atoms with Gasteiger partial charge in [0.1, 0.15) is 5.92 Å². The molecule has 0 spiro atoms. The van der Waals surface area contributed by atoms with Crippen molar-refractivity contribution < 1.29 is 38.8 Å². The van der Waals surface area contributed by atoms with Gasteiger partial charge in [-0.3, -0.25) is 14.4 Å². The second-order valence-corrected chi connectivity index (χ2v) is 9.46. The van der Waals surface area contributed by atoms with Gasteiger partial charge in [-0.2, -0.15) is 0 Å². The summed E-state index contributed by atoms with van der Waals surface area (Å²) in [6, 6.07) is 4.32. The number of aromatic hydroxyl groups is 1. The van der Waals surface area contributed by atoms with E-state index in [2.05, 4.69) is 0 Å². The topological polar surface area (TPSA) is 119 Å². The fourth-order valence-corrected chi connectivity index (χ4v) is 3.99. The van der Waals surface area contributed by atoms with Crippen LogP contribution in [0.5, 0.6) is 11.5 Å². The third kappa shape index (κ3) is 5.79. The summed E-state index contributed by atoms with van der Waals surface area (Å²) in [4.78, 5) is 39.2. The Balaban J connectivity index is 2.59. The van der Waals surface area contributed by atoms with Crippen molar-refractivity contribution in [3.05, 3.63) is 23.8 Å². The third-order valence-corrected chi connectivity index (χ3v) is 5.48. The van der Waals surface area contributed by atoms with E-state index in [1.807, 2.05) is 27.7 Å². The van der Waals surface area contributed by atoms with Crippen molar-refractivity contribution in [1.29, 1.82) is 0 Å². The lowest BCUT2D eigenvalue weighted by molar-refractivity contribution is -0.173. The highest BCUT2D eigenvalue weighted by atomic mass is 16.5. The van der Waals surface area contributed by atoms with Gasteiger partial charge in [-0.1, -0.05) is 33.8 Å². The van der Waals surface area contributed by atoms with E-state index in [0.29, 0.717) is 5.56 Å². The first kappa shape index (κ1) is 25.6. The molecule has 0 amide bonds. The summed E-state index contributed by atoms with van der Waals surface area (Å²) in [7, 11) is 1.36. The van der Waals surface area contributed by atoms with Crippen LogP contribution in [-0.4, -0.2) is 53.9 Å². The van der Waals surface area contributed by atoms with Crippen molar-refractivity contribution in [2.75, 3.05) is 20.3 Å². The van der Waals surface area contributed by atoms with Gasteiger partial charge in [0.2, 0.25) is 0 Å². The molecule has 0 aliphatic heterocycles. The summed E-state index contributed by atoms with van der Waals surface area (Å²) in [5.41, 5.74) is -1.36. The van der Waals surface area contributed by atoms with Gasteiger partial charge in [-0.15, -0.1) is 0 Å². The van der Waals surface area contributed by atoms with Crippen LogP contribution in [0.1, 0.15) is 52.5 Å². The average molecular weight is 451 g/mol. The van der Waals surface area contributed by atoms with Gasteiger partial charge in [0.15, 0.2) is 17.3 Å². The standard InChI is InChI=1S/C24H34O8/c1-13(2)11-31-22(27)20-17(26)10-24(5,29)21(23(28)32-12-14(3)4)19(20)15-7-8-16(25)18(9-15)30-6/h7-9,13-14,19-21,25,29H,10-12H2,1-6H3/t19-,20+,21-,24+/m0/s1. The van der Waals surface area contributed by atoms with Gasteiger partial charge in [0.05, 0.1) is 31.8 Å². The summed E-state index contributed by atoms with van der Waals surface area (Å²) in [6.07, 6.45) is -0.387. The Morgan fingerprint density at radius 1 is 1.09 bits per heavy atom. The molecule has 1 aromatic carbocycles. The van der Waals surface area contributed by atoms with Crippen LogP contribution < -0.4 is 4.74 Å². The Kier molecular flexibility index (Phi) is 8.29. The van der Waals surface area contributed by atoms with Crippen LogP contribution >= 0.6 is 0 Å². The first-order chi connectivity index (χ1) is 14.9. The van der Waals surface area contributed by atoms with E-state index >= 15 is 0 Å². The molecule has 2 rings (SSSR count). The molecular formula is C24H34O8. The summed E-state index contributed by atoms with van der Waals surface area (Å²) in [5, 5.41) is 21.1. The van der Waals surface area contributed by atoms with Crippen molar-refractivity contribution in [2.45, 2.75) is 52.6 Å². The highest BCUT2D eigenvalue weighted by Crippen LogP contribution is 2.48.